The highest BCUT2D eigenvalue weighted by atomic mass is 16.4. The molecule has 0 saturated heterocycles. The van der Waals surface area contributed by atoms with Crippen molar-refractivity contribution in [3.63, 3.8) is 0 Å². The first-order valence-corrected chi connectivity index (χ1v) is 11.2. The van der Waals surface area contributed by atoms with E-state index in [0.29, 0.717) is 5.69 Å². The number of carbonyl (C=O) groups is 6. The number of nitrogens with zero attached hydrogens (tertiary/aromatic N) is 1. The average Bonchev–Trinajstić information content (AvgIpc) is 3.29. The molecule has 0 aliphatic rings. The lowest BCUT2D eigenvalue weighted by molar-refractivity contribution is -0.143. The standard InChI is InChI=1S/C21H34N8O7/c1-10(2)17(21(35)36)29-20(34)14(4-6-16(24)31)28-19(33)13(3-5-15(23)30)27-18(32)12(22)7-11-8-25-9-26-11/h8-10,12-14,17H,3-7,22H2,1-2H3,(H2,23,30)(H2,24,31)(H,25,26)(H,27,32)(H,28,33)(H,29,34)(H,35,36). The number of primary amides is 2. The molecule has 0 aromatic carbocycles. The Morgan fingerprint density at radius 2 is 1.42 bits per heavy atom. The van der Waals surface area contributed by atoms with Gasteiger partial charge in [-0.3, -0.25) is 24.0 Å². The molecule has 0 radical (unpaired) electrons. The van der Waals surface area contributed by atoms with Gasteiger partial charge in [-0.1, -0.05) is 13.8 Å². The smallest absolute Gasteiger partial charge is 0.326 e. The summed E-state index contributed by atoms with van der Waals surface area (Å²) in [5.74, 6) is -5.66. The minimum Gasteiger partial charge on any atom is -0.480 e. The van der Waals surface area contributed by atoms with Crippen LogP contribution < -0.4 is 33.2 Å². The van der Waals surface area contributed by atoms with E-state index in [9.17, 15) is 33.9 Å². The first-order chi connectivity index (χ1) is 16.8. The van der Waals surface area contributed by atoms with Crippen molar-refractivity contribution in [3.05, 3.63) is 18.2 Å². The molecule has 1 rings (SSSR count). The molecule has 11 N–H and O–H groups in total. The van der Waals surface area contributed by atoms with E-state index in [2.05, 4.69) is 25.9 Å². The number of imidazole rings is 1. The number of carboxylic acid groups (broad SMARTS) is 1. The number of aromatic nitrogens is 2. The molecule has 5 amide bonds. The SMILES string of the molecule is CC(C)C(NC(=O)C(CCC(N)=O)NC(=O)C(CCC(N)=O)NC(=O)C(N)Cc1cnc[nH]1)C(=O)O. The molecule has 15 heteroatoms. The molecule has 4 unspecified atom stereocenters. The van der Waals surface area contributed by atoms with Crippen molar-refractivity contribution in [2.45, 2.75) is 70.1 Å². The van der Waals surface area contributed by atoms with Crippen LogP contribution in [-0.2, 0) is 35.2 Å². The van der Waals surface area contributed by atoms with Gasteiger partial charge in [0.15, 0.2) is 0 Å². The van der Waals surface area contributed by atoms with E-state index in [-0.39, 0.29) is 32.1 Å². The maximum Gasteiger partial charge on any atom is 0.326 e. The second-order valence-electron chi connectivity index (χ2n) is 8.59. The van der Waals surface area contributed by atoms with Crippen LogP contribution in [0, 0.1) is 5.92 Å². The number of aromatic amines is 1. The summed E-state index contributed by atoms with van der Waals surface area (Å²) in [4.78, 5) is 79.0. The van der Waals surface area contributed by atoms with Crippen molar-refractivity contribution in [2.75, 3.05) is 0 Å². The molecule has 4 atom stereocenters. The van der Waals surface area contributed by atoms with E-state index in [1.165, 1.54) is 12.5 Å². The highest BCUT2D eigenvalue weighted by molar-refractivity contribution is 5.94. The van der Waals surface area contributed by atoms with Gasteiger partial charge in [-0.2, -0.15) is 0 Å². The number of carboxylic acids is 1. The first-order valence-electron chi connectivity index (χ1n) is 11.2. The molecule has 1 heterocycles. The molecule has 0 fully saturated rings. The van der Waals surface area contributed by atoms with Gasteiger partial charge in [0.05, 0.1) is 12.4 Å². The summed E-state index contributed by atoms with van der Waals surface area (Å²) >= 11 is 0. The minimum atomic E-state index is -1.35. The number of nitrogens with one attached hydrogen (secondary N) is 4. The fourth-order valence-electron chi connectivity index (χ4n) is 3.16. The molecule has 1 aromatic heterocycles. The van der Waals surface area contributed by atoms with Crippen LogP contribution in [0.15, 0.2) is 12.5 Å². The molecule has 36 heavy (non-hydrogen) atoms. The van der Waals surface area contributed by atoms with E-state index < -0.39 is 65.6 Å². The summed E-state index contributed by atoms with van der Waals surface area (Å²) in [7, 11) is 0. The van der Waals surface area contributed by atoms with Crippen molar-refractivity contribution in [1.29, 1.82) is 0 Å². The Hall–Kier alpha value is -4.01. The van der Waals surface area contributed by atoms with E-state index in [4.69, 9.17) is 17.2 Å². The molecule has 15 nitrogen and oxygen atoms in total. The monoisotopic (exact) mass is 510 g/mol. The van der Waals surface area contributed by atoms with E-state index >= 15 is 0 Å². The Labute approximate surface area is 207 Å². The number of aliphatic carboxylic acids is 1. The Morgan fingerprint density at radius 3 is 1.83 bits per heavy atom. The molecular formula is C21H34N8O7. The second kappa shape index (κ2) is 14.4. The number of carbonyl (C=O) groups excluding carboxylic acids is 5. The molecular weight excluding hydrogens is 476 g/mol. The summed E-state index contributed by atoms with van der Waals surface area (Å²) in [6.45, 7) is 3.16. The lowest BCUT2D eigenvalue weighted by Gasteiger charge is -2.25. The summed E-state index contributed by atoms with van der Waals surface area (Å²) in [6, 6.07) is -4.97. The zero-order chi connectivity index (χ0) is 27.4. The minimum absolute atomic E-state index is 0.0887. The van der Waals surface area contributed by atoms with Crippen molar-refractivity contribution >= 4 is 35.5 Å². The van der Waals surface area contributed by atoms with Crippen LogP contribution in [-0.4, -0.2) is 74.7 Å². The first kappa shape index (κ1) is 30.0. The fourth-order valence-corrected chi connectivity index (χ4v) is 3.16. The maximum atomic E-state index is 13.0. The summed E-state index contributed by atoms with van der Waals surface area (Å²) in [5, 5.41) is 16.5. The van der Waals surface area contributed by atoms with Crippen molar-refractivity contribution in [1.82, 2.24) is 25.9 Å². The third-order valence-electron chi connectivity index (χ3n) is 5.19. The van der Waals surface area contributed by atoms with E-state index in [0.717, 1.165) is 0 Å². The zero-order valence-electron chi connectivity index (χ0n) is 20.2. The van der Waals surface area contributed by atoms with Crippen LogP contribution in [0.1, 0.15) is 45.2 Å². The van der Waals surface area contributed by atoms with Gasteiger partial charge < -0.3 is 43.2 Å². The van der Waals surface area contributed by atoms with Crippen LogP contribution in [0.3, 0.4) is 0 Å². The molecule has 0 aliphatic carbocycles. The van der Waals surface area contributed by atoms with Crippen LogP contribution >= 0.6 is 0 Å². The molecule has 200 valence electrons. The topological polar surface area (TPSA) is 265 Å². The predicted octanol–water partition coefficient (Wildman–Crippen LogP) is -2.99. The van der Waals surface area contributed by atoms with Crippen LogP contribution in [0.5, 0.6) is 0 Å². The number of H-pyrrole nitrogens is 1. The van der Waals surface area contributed by atoms with Gasteiger partial charge in [0.2, 0.25) is 29.5 Å². The molecule has 0 saturated carbocycles. The normalized spacial score (nSPS) is 14.2. The maximum absolute atomic E-state index is 13.0. The Balaban J connectivity index is 3.01. The number of nitrogens with two attached hydrogens (primary N) is 3. The molecule has 1 aromatic rings. The third kappa shape index (κ3) is 10.5. The van der Waals surface area contributed by atoms with Gasteiger partial charge in [0.1, 0.15) is 18.1 Å². The highest BCUT2D eigenvalue weighted by Crippen LogP contribution is 2.07. The number of hydrogen-bond donors (Lipinski definition) is 8. The average molecular weight is 511 g/mol. The third-order valence-corrected chi connectivity index (χ3v) is 5.19. The van der Waals surface area contributed by atoms with Gasteiger partial charge in [-0.05, 0) is 18.8 Å². The van der Waals surface area contributed by atoms with Gasteiger partial charge in [0.25, 0.3) is 0 Å². The molecule has 0 spiro atoms. The number of rotatable bonds is 16. The van der Waals surface area contributed by atoms with Crippen LogP contribution in [0.2, 0.25) is 0 Å². The van der Waals surface area contributed by atoms with Gasteiger partial charge in [-0.15, -0.1) is 0 Å². The second-order valence-corrected chi connectivity index (χ2v) is 8.59. The predicted molar refractivity (Wildman–Crippen MR) is 125 cm³/mol. The summed E-state index contributed by atoms with van der Waals surface area (Å²) < 4.78 is 0. The van der Waals surface area contributed by atoms with Gasteiger partial charge in [0, 0.05) is 31.2 Å². The van der Waals surface area contributed by atoms with Crippen LogP contribution in [0.25, 0.3) is 0 Å². The van der Waals surface area contributed by atoms with Gasteiger partial charge >= 0.3 is 5.97 Å². The largest absolute Gasteiger partial charge is 0.480 e. The van der Waals surface area contributed by atoms with Gasteiger partial charge in [-0.25, -0.2) is 9.78 Å². The van der Waals surface area contributed by atoms with E-state index in [1.807, 2.05) is 0 Å². The highest BCUT2D eigenvalue weighted by Gasteiger charge is 2.31. The van der Waals surface area contributed by atoms with E-state index in [1.54, 1.807) is 13.8 Å². The summed E-state index contributed by atoms with van der Waals surface area (Å²) in [5.41, 5.74) is 16.8. The lowest BCUT2D eigenvalue weighted by Crippen LogP contribution is -2.58. The van der Waals surface area contributed by atoms with Crippen molar-refractivity contribution in [3.8, 4) is 0 Å². The zero-order valence-corrected chi connectivity index (χ0v) is 20.2. The number of hydrogen-bond acceptors (Lipinski definition) is 8. The number of amides is 5. The quantitative estimate of drug-likeness (QED) is 0.112. The molecule has 0 aliphatic heterocycles. The van der Waals surface area contributed by atoms with Crippen molar-refractivity contribution in [2.24, 2.45) is 23.1 Å². The summed E-state index contributed by atoms with van der Waals surface area (Å²) in [6.07, 6.45) is 2.00. The molecule has 0 bridgehead atoms. The lowest BCUT2D eigenvalue weighted by atomic mass is 10.0. The Morgan fingerprint density at radius 1 is 0.917 bits per heavy atom. The Kier molecular flexibility index (Phi) is 12.0. The van der Waals surface area contributed by atoms with Crippen molar-refractivity contribution < 1.29 is 33.9 Å². The van der Waals surface area contributed by atoms with Crippen LogP contribution in [0.4, 0.5) is 0 Å². The fraction of sp³-hybridized carbons (Fsp3) is 0.571. The Bertz CT molecular complexity index is 935.